The molecule has 0 aromatic heterocycles. The Kier molecular flexibility index (Phi) is 42.1. The summed E-state index contributed by atoms with van der Waals surface area (Å²) in [4.78, 5) is 37.5. The van der Waals surface area contributed by atoms with Crippen LogP contribution < -0.4 is 10.1 Å². The van der Waals surface area contributed by atoms with E-state index in [1.807, 2.05) is 6.07 Å². The van der Waals surface area contributed by atoms with Crippen LogP contribution in [0.3, 0.4) is 0 Å². The minimum atomic E-state index is -0.633. The Morgan fingerprint density at radius 3 is 1.53 bits per heavy atom. The monoisotopic (exact) mass is 916 g/mol. The number of benzene rings is 1. The van der Waals surface area contributed by atoms with Gasteiger partial charge >= 0.3 is 11.9 Å². The number of carbonyl (C=O) groups is 3. The highest BCUT2D eigenvalue weighted by atomic mass is 31.1. The van der Waals surface area contributed by atoms with Gasteiger partial charge in [-0.15, -0.1) is 0 Å². The van der Waals surface area contributed by atoms with Crippen LogP contribution in [-0.4, -0.2) is 56.9 Å². The van der Waals surface area contributed by atoms with E-state index in [0.29, 0.717) is 38.8 Å². The van der Waals surface area contributed by atoms with Gasteiger partial charge in [-0.1, -0.05) is 154 Å². The zero-order chi connectivity index (χ0) is 46.4. The molecule has 0 radical (unpaired) electrons. The molecule has 1 rings (SSSR count). The molecule has 1 unspecified atom stereocenters. The van der Waals surface area contributed by atoms with Gasteiger partial charge < -0.3 is 28.6 Å². The molecule has 0 saturated carbocycles. The van der Waals surface area contributed by atoms with Gasteiger partial charge in [0.05, 0.1) is 13.2 Å². The lowest BCUT2D eigenvalue weighted by Crippen LogP contribution is -2.28. The second-order valence-corrected chi connectivity index (χ2v) is 18.1. The molecule has 0 saturated heterocycles. The number of unbranched alkanes of at least 4 members (excludes halogenated alkanes) is 22. The zero-order valence-electron chi connectivity index (χ0n) is 41.3. The second kappa shape index (κ2) is 45.4. The maximum atomic E-state index is 12.6. The SMILES string of the molecule is CCCCCCCCC=CCCCCCCCC(=O)OCC(COC(=O)CCCCCCCC=CCCCCCCCC)OPOCCNC(=O)CCCOc1ccc(C)c(CC)c1. The van der Waals surface area contributed by atoms with Crippen molar-refractivity contribution in [1.82, 2.24) is 5.32 Å². The molecule has 10 heteroatoms. The Labute approximate surface area is 393 Å². The summed E-state index contributed by atoms with van der Waals surface area (Å²) in [5.74, 6) is 0.223. The molecule has 9 nitrogen and oxygen atoms in total. The van der Waals surface area contributed by atoms with E-state index in [1.54, 1.807) is 0 Å². The molecule has 0 fully saturated rings. The molecular weight excluding hydrogens is 822 g/mol. The van der Waals surface area contributed by atoms with Crippen molar-refractivity contribution in [3.8, 4) is 5.75 Å². The lowest BCUT2D eigenvalue weighted by molar-refractivity contribution is -0.151. The van der Waals surface area contributed by atoms with E-state index in [2.05, 4.69) is 69.4 Å². The number of hydrogen-bond donors (Lipinski definition) is 1. The average Bonchev–Trinajstić information content (AvgIpc) is 3.29. The molecule has 0 bridgehead atoms. The largest absolute Gasteiger partial charge is 0.494 e. The highest BCUT2D eigenvalue weighted by Crippen LogP contribution is 2.20. The van der Waals surface area contributed by atoms with Crippen LogP contribution in [0.25, 0.3) is 0 Å². The van der Waals surface area contributed by atoms with Crippen LogP contribution in [0.5, 0.6) is 5.75 Å². The van der Waals surface area contributed by atoms with Gasteiger partial charge in [-0.2, -0.15) is 0 Å². The first kappa shape index (κ1) is 59.3. The maximum absolute atomic E-state index is 12.6. The first-order valence-corrected chi connectivity index (χ1v) is 26.8. The van der Waals surface area contributed by atoms with Gasteiger partial charge in [-0.05, 0) is 107 Å². The second-order valence-electron chi connectivity index (χ2n) is 17.5. The van der Waals surface area contributed by atoms with Crippen LogP contribution in [-0.2, 0) is 39.3 Å². The molecular formula is C54H94NO8P. The van der Waals surface area contributed by atoms with Gasteiger partial charge in [0, 0.05) is 25.8 Å². The third-order valence-corrected chi connectivity index (χ3v) is 12.2. The Bertz CT molecular complexity index is 1260. The van der Waals surface area contributed by atoms with Crippen LogP contribution >= 0.6 is 9.03 Å². The standard InChI is InChI=1S/C54H94NO8P/c1-5-8-10-12-14-16-18-20-22-24-26-28-30-32-34-38-53(57)60-46-51(47-61-54(58)39-35-33-31-29-27-25-23-21-19-17-15-13-11-9-6-2)63-64-62-44-42-55-52(56)37-36-43-59-50-41-40-48(4)49(7-3)45-50/h20-23,40-41,45,51,64H,5-19,24-39,42-44,46-47H2,1-4H3,(H,55,56). The molecule has 0 spiro atoms. The van der Waals surface area contributed by atoms with Crippen molar-refractivity contribution in [2.24, 2.45) is 0 Å². The fourth-order valence-electron chi connectivity index (χ4n) is 7.33. The summed E-state index contributed by atoms with van der Waals surface area (Å²) in [7, 11) is -0.360. The van der Waals surface area contributed by atoms with Gasteiger partial charge in [-0.3, -0.25) is 14.4 Å². The van der Waals surface area contributed by atoms with E-state index in [9.17, 15) is 14.4 Å². The van der Waals surface area contributed by atoms with Crippen molar-refractivity contribution in [1.29, 1.82) is 0 Å². The minimum Gasteiger partial charge on any atom is -0.494 e. The fourth-order valence-corrected chi connectivity index (χ4v) is 7.85. The topological polar surface area (TPSA) is 109 Å². The number of hydrogen-bond acceptors (Lipinski definition) is 8. The van der Waals surface area contributed by atoms with Crippen molar-refractivity contribution < 1.29 is 37.6 Å². The van der Waals surface area contributed by atoms with Crippen LogP contribution in [0.4, 0.5) is 0 Å². The van der Waals surface area contributed by atoms with Gasteiger partial charge in [-0.25, -0.2) is 0 Å². The van der Waals surface area contributed by atoms with Crippen molar-refractivity contribution in [2.75, 3.05) is 33.0 Å². The number of esters is 2. The predicted molar refractivity (Wildman–Crippen MR) is 268 cm³/mol. The molecule has 1 aromatic carbocycles. The normalized spacial score (nSPS) is 12.2. The van der Waals surface area contributed by atoms with Crippen molar-refractivity contribution in [2.45, 2.75) is 233 Å². The first-order valence-electron chi connectivity index (χ1n) is 26.0. The number of ether oxygens (including phenoxy) is 3. The van der Waals surface area contributed by atoms with E-state index in [0.717, 1.165) is 63.5 Å². The quantitative estimate of drug-likeness (QED) is 0.0298. The Hall–Kier alpha value is -2.74. The summed E-state index contributed by atoms with van der Waals surface area (Å²) < 4.78 is 28.5. The van der Waals surface area contributed by atoms with Crippen molar-refractivity contribution in [3.05, 3.63) is 53.6 Å². The van der Waals surface area contributed by atoms with E-state index in [1.165, 1.54) is 127 Å². The smallest absolute Gasteiger partial charge is 0.305 e. The molecule has 64 heavy (non-hydrogen) atoms. The van der Waals surface area contributed by atoms with Crippen molar-refractivity contribution >= 4 is 26.9 Å². The van der Waals surface area contributed by atoms with E-state index in [4.69, 9.17) is 23.3 Å². The van der Waals surface area contributed by atoms with E-state index >= 15 is 0 Å². The molecule has 0 aliphatic heterocycles. The summed E-state index contributed by atoms with van der Waals surface area (Å²) in [5.41, 5.74) is 2.52. The summed E-state index contributed by atoms with van der Waals surface area (Å²) in [5, 5.41) is 2.87. The van der Waals surface area contributed by atoms with Gasteiger partial charge in [0.15, 0.2) is 9.03 Å². The maximum Gasteiger partial charge on any atom is 0.305 e. The number of allylic oxidation sites excluding steroid dienone is 4. The van der Waals surface area contributed by atoms with E-state index in [-0.39, 0.29) is 46.7 Å². The van der Waals surface area contributed by atoms with Gasteiger partial charge in [0.1, 0.15) is 25.1 Å². The number of nitrogens with one attached hydrogen (secondary N) is 1. The Morgan fingerprint density at radius 1 is 0.578 bits per heavy atom. The molecule has 1 atom stereocenters. The summed E-state index contributed by atoms with van der Waals surface area (Å²) in [6.45, 7) is 9.79. The number of aryl methyl sites for hydroxylation is 2. The molecule has 368 valence electrons. The predicted octanol–water partition coefficient (Wildman–Crippen LogP) is 14.9. The molecule has 0 heterocycles. The van der Waals surface area contributed by atoms with Crippen LogP contribution in [0.15, 0.2) is 42.5 Å². The highest BCUT2D eigenvalue weighted by molar-refractivity contribution is 7.26. The third-order valence-electron chi connectivity index (χ3n) is 11.5. The molecule has 1 amide bonds. The van der Waals surface area contributed by atoms with Crippen LogP contribution in [0, 0.1) is 6.92 Å². The fraction of sp³-hybridized carbons (Fsp3) is 0.759. The third kappa shape index (κ3) is 38.5. The zero-order valence-corrected chi connectivity index (χ0v) is 42.3. The number of carbonyl (C=O) groups excluding carboxylic acids is 3. The Morgan fingerprint density at radius 2 is 1.05 bits per heavy atom. The molecule has 1 N–H and O–H groups in total. The highest BCUT2D eigenvalue weighted by Gasteiger charge is 2.16. The number of rotatable bonds is 46. The van der Waals surface area contributed by atoms with Gasteiger partial charge in [0.2, 0.25) is 5.91 Å². The van der Waals surface area contributed by atoms with E-state index < -0.39 is 6.10 Å². The van der Waals surface area contributed by atoms with Gasteiger partial charge in [0.25, 0.3) is 0 Å². The molecule has 0 aliphatic carbocycles. The van der Waals surface area contributed by atoms with Crippen molar-refractivity contribution in [3.63, 3.8) is 0 Å². The average molecular weight is 916 g/mol. The van der Waals surface area contributed by atoms with Crippen LogP contribution in [0.1, 0.15) is 225 Å². The Balaban J connectivity index is 2.30. The summed E-state index contributed by atoms with van der Waals surface area (Å²) in [6, 6.07) is 6.10. The molecule has 1 aromatic rings. The lowest BCUT2D eigenvalue weighted by atomic mass is 10.1. The first-order chi connectivity index (χ1) is 31.4. The molecule has 0 aliphatic rings. The van der Waals surface area contributed by atoms with Crippen LogP contribution in [0.2, 0.25) is 0 Å². The lowest BCUT2D eigenvalue weighted by Gasteiger charge is -2.18. The summed E-state index contributed by atoms with van der Waals surface area (Å²) >= 11 is 0. The summed E-state index contributed by atoms with van der Waals surface area (Å²) in [6.07, 6.45) is 42.6. The number of amides is 1. The minimum absolute atomic E-state index is 0.0118.